The highest BCUT2D eigenvalue weighted by Crippen LogP contribution is 2.22. The van der Waals surface area contributed by atoms with Crippen LogP contribution in [0.5, 0.6) is 0 Å². The Morgan fingerprint density at radius 1 is 1.06 bits per heavy atom. The summed E-state index contributed by atoms with van der Waals surface area (Å²) in [5.41, 5.74) is 1.01. The van der Waals surface area contributed by atoms with Gasteiger partial charge in [-0.3, -0.25) is 14.5 Å². The van der Waals surface area contributed by atoms with Crippen molar-refractivity contribution in [1.29, 1.82) is 0 Å². The Hall–Kier alpha value is -1.33. The van der Waals surface area contributed by atoms with Crippen LogP contribution in [0.3, 0.4) is 0 Å². The van der Waals surface area contributed by atoms with E-state index in [2.05, 4.69) is 0 Å². The number of hydrogen-bond donors (Lipinski definition) is 1. The van der Waals surface area contributed by atoms with Crippen LogP contribution in [-0.2, 0) is 0 Å². The number of aliphatic hydroxyl groups excluding tert-OH is 1. The molecule has 1 aromatic carbocycles. The summed E-state index contributed by atoms with van der Waals surface area (Å²) in [4.78, 5) is 25.3. The fourth-order valence-electron chi connectivity index (χ4n) is 1.87. The van der Waals surface area contributed by atoms with Gasteiger partial charge in [-0.1, -0.05) is 12.1 Å². The molecular weight excluding hydrogens is 250 g/mol. The number of fused-ring (bicyclic) bond motifs is 1. The van der Waals surface area contributed by atoms with Crippen LogP contribution in [0.2, 0.25) is 0 Å². The van der Waals surface area contributed by atoms with E-state index in [4.69, 9.17) is 5.11 Å². The Morgan fingerprint density at radius 2 is 1.67 bits per heavy atom. The van der Waals surface area contributed by atoms with Crippen LogP contribution in [0.25, 0.3) is 0 Å². The zero-order chi connectivity index (χ0) is 13.0. The molecule has 1 aliphatic heterocycles. The molecule has 0 radical (unpaired) electrons. The maximum Gasteiger partial charge on any atom is 0.261 e. The zero-order valence-corrected chi connectivity index (χ0v) is 10.8. The van der Waals surface area contributed by atoms with Crippen LogP contribution < -0.4 is 0 Å². The van der Waals surface area contributed by atoms with E-state index < -0.39 is 0 Å². The maximum absolute atomic E-state index is 12.0. The quantitative estimate of drug-likeness (QED) is 0.624. The molecule has 0 fully saturated rings. The summed E-state index contributed by atoms with van der Waals surface area (Å²) in [6.07, 6.45) is 0.743. The van der Waals surface area contributed by atoms with Crippen molar-refractivity contribution in [2.75, 3.05) is 24.7 Å². The molecule has 18 heavy (non-hydrogen) atoms. The van der Waals surface area contributed by atoms with Gasteiger partial charge in [0.15, 0.2) is 0 Å². The molecular formula is C13H15NO3S. The Bertz CT molecular complexity index is 426. The van der Waals surface area contributed by atoms with Crippen LogP contribution in [0, 0.1) is 0 Å². The van der Waals surface area contributed by atoms with Gasteiger partial charge in [0.05, 0.1) is 11.1 Å². The minimum atomic E-state index is -0.196. The van der Waals surface area contributed by atoms with Gasteiger partial charge in [0, 0.05) is 18.9 Å². The topological polar surface area (TPSA) is 57.6 Å². The lowest BCUT2D eigenvalue weighted by Crippen LogP contribution is -2.31. The molecule has 1 heterocycles. The molecule has 2 amide bonds. The number of thioether (sulfide) groups is 1. The van der Waals surface area contributed by atoms with Crippen LogP contribution in [0.15, 0.2) is 24.3 Å². The van der Waals surface area contributed by atoms with Crippen molar-refractivity contribution in [3.05, 3.63) is 35.4 Å². The molecule has 0 unspecified atom stereocenters. The smallest absolute Gasteiger partial charge is 0.261 e. The monoisotopic (exact) mass is 265 g/mol. The average Bonchev–Trinajstić information content (AvgIpc) is 2.64. The van der Waals surface area contributed by atoms with Gasteiger partial charge in [-0.15, -0.1) is 0 Å². The van der Waals surface area contributed by atoms with E-state index in [0.717, 1.165) is 12.2 Å². The number of nitrogens with zero attached hydrogens (tertiary/aromatic N) is 1. The normalized spacial score (nSPS) is 14.2. The summed E-state index contributed by atoms with van der Waals surface area (Å²) in [5.74, 6) is 1.17. The summed E-state index contributed by atoms with van der Waals surface area (Å²) in [7, 11) is 0. The van der Waals surface area contributed by atoms with Gasteiger partial charge in [-0.05, 0) is 24.3 Å². The largest absolute Gasteiger partial charge is 0.396 e. The minimum Gasteiger partial charge on any atom is -0.396 e. The molecule has 0 atom stereocenters. The van der Waals surface area contributed by atoms with Crippen LogP contribution in [-0.4, -0.2) is 46.5 Å². The first-order chi connectivity index (χ1) is 8.75. The highest BCUT2D eigenvalue weighted by molar-refractivity contribution is 7.99. The maximum atomic E-state index is 12.0. The van der Waals surface area contributed by atoms with Crippen LogP contribution in [0.1, 0.15) is 27.1 Å². The second-order valence-corrected chi connectivity index (χ2v) is 5.22. The summed E-state index contributed by atoms with van der Waals surface area (Å²) >= 11 is 1.64. The highest BCUT2D eigenvalue weighted by atomic mass is 32.2. The third-order valence-corrected chi connectivity index (χ3v) is 3.83. The fraction of sp³-hybridized carbons (Fsp3) is 0.385. The molecule has 0 aromatic heterocycles. The van der Waals surface area contributed by atoms with Crippen molar-refractivity contribution in [2.24, 2.45) is 0 Å². The molecule has 5 heteroatoms. The Labute approximate surface area is 110 Å². The summed E-state index contributed by atoms with van der Waals surface area (Å²) in [6.45, 7) is 0.614. The number of carbonyl (C=O) groups excluding carboxylic acids is 2. The van der Waals surface area contributed by atoms with E-state index in [9.17, 15) is 9.59 Å². The van der Waals surface area contributed by atoms with Crippen molar-refractivity contribution < 1.29 is 14.7 Å². The predicted molar refractivity (Wildman–Crippen MR) is 70.8 cm³/mol. The summed E-state index contributed by atoms with van der Waals surface area (Å²) < 4.78 is 0. The molecule has 1 N–H and O–H groups in total. The van der Waals surface area contributed by atoms with E-state index in [1.165, 1.54) is 4.90 Å². The number of aliphatic hydroxyl groups is 1. The first-order valence-electron chi connectivity index (χ1n) is 5.89. The van der Waals surface area contributed by atoms with Crippen LogP contribution >= 0.6 is 11.8 Å². The van der Waals surface area contributed by atoms with E-state index in [0.29, 0.717) is 23.4 Å². The Kier molecular flexibility index (Phi) is 4.38. The molecule has 0 saturated heterocycles. The number of rotatable bonds is 6. The molecule has 2 rings (SSSR count). The number of benzene rings is 1. The Balaban J connectivity index is 1.93. The Morgan fingerprint density at radius 3 is 2.22 bits per heavy atom. The standard InChI is InChI=1S/C13H15NO3S/c15-7-3-8-18-9-6-14-12(16)10-4-1-2-5-11(10)13(14)17/h1-2,4-5,15H,3,6-9H2. The molecule has 0 spiro atoms. The van der Waals surface area contributed by atoms with Gasteiger partial charge in [0.1, 0.15) is 0 Å². The van der Waals surface area contributed by atoms with Crippen molar-refractivity contribution in [3.8, 4) is 0 Å². The predicted octanol–water partition coefficient (Wildman–Crippen LogP) is 1.40. The molecule has 1 aromatic rings. The van der Waals surface area contributed by atoms with Gasteiger partial charge < -0.3 is 5.11 Å². The van der Waals surface area contributed by atoms with E-state index in [1.807, 2.05) is 0 Å². The number of amides is 2. The van der Waals surface area contributed by atoms with Crippen LogP contribution in [0.4, 0.5) is 0 Å². The van der Waals surface area contributed by atoms with E-state index in [-0.39, 0.29) is 18.4 Å². The first-order valence-corrected chi connectivity index (χ1v) is 7.05. The lowest BCUT2D eigenvalue weighted by molar-refractivity contribution is 0.0664. The number of hydrogen-bond acceptors (Lipinski definition) is 4. The first kappa shape index (κ1) is 13.1. The van der Waals surface area contributed by atoms with Gasteiger partial charge in [-0.25, -0.2) is 0 Å². The molecule has 0 bridgehead atoms. The zero-order valence-electron chi connectivity index (χ0n) is 9.96. The molecule has 1 aliphatic rings. The van der Waals surface area contributed by atoms with E-state index >= 15 is 0 Å². The minimum absolute atomic E-state index is 0.181. The van der Waals surface area contributed by atoms with Gasteiger partial charge in [0.25, 0.3) is 11.8 Å². The molecule has 0 aliphatic carbocycles. The number of carbonyl (C=O) groups is 2. The van der Waals surface area contributed by atoms with Crippen molar-refractivity contribution in [2.45, 2.75) is 6.42 Å². The second kappa shape index (κ2) is 6.02. The van der Waals surface area contributed by atoms with Gasteiger partial charge >= 0.3 is 0 Å². The van der Waals surface area contributed by atoms with Gasteiger partial charge in [0.2, 0.25) is 0 Å². The third-order valence-electron chi connectivity index (χ3n) is 2.78. The second-order valence-electron chi connectivity index (χ2n) is 4.00. The number of imide groups is 1. The SMILES string of the molecule is O=C1c2ccccc2C(=O)N1CCSCCCO. The molecule has 96 valence electrons. The highest BCUT2D eigenvalue weighted by Gasteiger charge is 2.34. The fourth-order valence-corrected chi connectivity index (χ4v) is 2.72. The third kappa shape index (κ3) is 2.57. The lowest BCUT2D eigenvalue weighted by atomic mass is 10.1. The molecule has 4 nitrogen and oxygen atoms in total. The van der Waals surface area contributed by atoms with Crippen molar-refractivity contribution >= 4 is 23.6 Å². The average molecular weight is 265 g/mol. The van der Waals surface area contributed by atoms with Gasteiger partial charge in [-0.2, -0.15) is 11.8 Å². The lowest BCUT2D eigenvalue weighted by Gasteiger charge is -2.12. The summed E-state index contributed by atoms with van der Waals surface area (Å²) in [5, 5.41) is 8.65. The van der Waals surface area contributed by atoms with Crippen molar-refractivity contribution in [3.63, 3.8) is 0 Å². The van der Waals surface area contributed by atoms with E-state index in [1.54, 1.807) is 36.0 Å². The van der Waals surface area contributed by atoms with Crippen molar-refractivity contribution in [1.82, 2.24) is 4.90 Å². The summed E-state index contributed by atoms with van der Waals surface area (Å²) in [6, 6.07) is 6.91. The molecule has 0 saturated carbocycles.